The fraction of sp³-hybridized carbons (Fsp3) is 0.688. The maximum atomic E-state index is 12.7. The third kappa shape index (κ3) is 3.23. The van der Waals surface area contributed by atoms with Crippen LogP contribution >= 0.6 is 11.3 Å². The van der Waals surface area contributed by atoms with E-state index in [4.69, 9.17) is 5.73 Å². The largest absolute Gasteiger partial charge is 0.334 e. The monoisotopic (exact) mass is 294 g/mol. The minimum Gasteiger partial charge on any atom is -0.334 e. The summed E-state index contributed by atoms with van der Waals surface area (Å²) in [6.07, 6.45) is 4.31. The van der Waals surface area contributed by atoms with Gasteiger partial charge in [-0.1, -0.05) is 20.3 Å². The lowest BCUT2D eigenvalue weighted by atomic mass is 9.92. The van der Waals surface area contributed by atoms with E-state index in [2.05, 4.69) is 26.8 Å². The van der Waals surface area contributed by atoms with E-state index in [1.165, 1.54) is 10.4 Å². The quantitative estimate of drug-likeness (QED) is 0.927. The van der Waals surface area contributed by atoms with Gasteiger partial charge in [-0.15, -0.1) is 11.3 Å². The summed E-state index contributed by atoms with van der Waals surface area (Å²) in [6, 6.07) is 2.31. The van der Waals surface area contributed by atoms with Gasteiger partial charge in [-0.3, -0.25) is 4.79 Å². The Kier molecular flexibility index (Phi) is 5.22. The first-order valence-corrected chi connectivity index (χ1v) is 8.48. The van der Waals surface area contributed by atoms with Gasteiger partial charge in [-0.25, -0.2) is 0 Å². The van der Waals surface area contributed by atoms with Crippen molar-refractivity contribution in [2.75, 3.05) is 13.1 Å². The highest BCUT2D eigenvalue weighted by molar-refractivity contribution is 7.14. The molecule has 2 unspecified atom stereocenters. The van der Waals surface area contributed by atoms with Gasteiger partial charge in [0.15, 0.2) is 0 Å². The number of amides is 1. The summed E-state index contributed by atoms with van der Waals surface area (Å²) in [7, 11) is 0. The number of piperidine rings is 1. The zero-order valence-electron chi connectivity index (χ0n) is 12.8. The second-order valence-electron chi connectivity index (χ2n) is 5.96. The number of hydrogen-bond acceptors (Lipinski definition) is 3. The van der Waals surface area contributed by atoms with E-state index >= 15 is 0 Å². The molecule has 1 fully saturated rings. The molecule has 0 saturated carbocycles. The molecule has 1 aliphatic rings. The van der Waals surface area contributed by atoms with Gasteiger partial charge in [-0.2, -0.15) is 0 Å². The SMILES string of the molecule is CCCc1cc(C(=O)N2CCC(C)CC2CN)sc1C. The molecule has 1 amide bonds. The number of nitrogens with zero attached hydrogens (tertiary/aromatic N) is 1. The molecule has 0 spiro atoms. The van der Waals surface area contributed by atoms with Crippen LogP contribution in [-0.2, 0) is 6.42 Å². The number of carbonyl (C=O) groups excluding carboxylic acids is 1. The average Bonchev–Trinajstić information content (AvgIpc) is 2.80. The van der Waals surface area contributed by atoms with Crippen molar-refractivity contribution in [2.45, 2.75) is 52.5 Å². The van der Waals surface area contributed by atoms with Gasteiger partial charge in [-0.05, 0) is 43.7 Å². The fourth-order valence-corrected chi connectivity index (χ4v) is 4.05. The molecule has 0 aliphatic carbocycles. The van der Waals surface area contributed by atoms with Gasteiger partial charge in [0.25, 0.3) is 5.91 Å². The predicted molar refractivity (Wildman–Crippen MR) is 85.3 cm³/mol. The summed E-state index contributed by atoms with van der Waals surface area (Å²) in [5.74, 6) is 0.858. The van der Waals surface area contributed by atoms with E-state index in [0.717, 1.165) is 37.1 Å². The van der Waals surface area contributed by atoms with Gasteiger partial charge in [0.2, 0.25) is 0 Å². The molecule has 2 atom stereocenters. The molecule has 1 saturated heterocycles. The maximum Gasteiger partial charge on any atom is 0.264 e. The number of rotatable bonds is 4. The third-order valence-corrected chi connectivity index (χ3v) is 5.34. The molecule has 112 valence electrons. The van der Waals surface area contributed by atoms with Crippen molar-refractivity contribution in [1.82, 2.24) is 4.90 Å². The maximum absolute atomic E-state index is 12.7. The Bertz CT molecular complexity index is 469. The summed E-state index contributed by atoms with van der Waals surface area (Å²) in [6.45, 7) is 7.96. The van der Waals surface area contributed by atoms with Gasteiger partial charge in [0, 0.05) is 24.0 Å². The summed E-state index contributed by atoms with van der Waals surface area (Å²) in [5, 5.41) is 0. The molecule has 1 aromatic rings. The molecule has 20 heavy (non-hydrogen) atoms. The Morgan fingerprint density at radius 1 is 1.55 bits per heavy atom. The number of aryl methyl sites for hydroxylation is 2. The number of likely N-dealkylation sites (tertiary alicyclic amines) is 1. The van der Waals surface area contributed by atoms with Crippen molar-refractivity contribution < 1.29 is 4.79 Å². The van der Waals surface area contributed by atoms with Crippen molar-refractivity contribution in [3.8, 4) is 0 Å². The van der Waals surface area contributed by atoms with Crippen molar-refractivity contribution >= 4 is 17.2 Å². The summed E-state index contributed by atoms with van der Waals surface area (Å²) in [5.41, 5.74) is 7.19. The van der Waals surface area contributed by atoms with E-state index in [1.807, 2.05) is 4.90 Å². The van der Waals surface area contributed by atoms with Crippen LogP contribution in [0, 0.1) is 12.8 Å². The normalized spacial score (nSPS) is 23.1. The summed E-state index contributed by atoms with van der Waals surface area (Å²) < 4.78 is 0. The molecule has 0 bridgehead atoms. The topological polar surface area (TPSA) is 46.3 Å². The molecule has 2 N–H and O–H groups in total. The van der Waals surface area contributed by atoms with Crippen molar-refractivity contribution in [3.63, 3.8) is 0 Å². The van der Waals surface area contributed by atoms with Crippen molar-refractivity contribution in [2.24, 2.45) is 11.7 Å². The van der Waals surface area contributed by atoms with Crippen LogP contribution in [0.5, 0.6) is 0 Å². The lowest BCUT2D eigenvalue weighted by Gasteiger charge is -2.37. The van der Waals surface area contributed by atoms with Gasteiger partial charge in [0.1, 0.15) is 0 Å². The first kappa shape index (κ1) is 15.5. The first-order valence-electron chi connectivity index (χ1n) is 7.67. The Balaban J connectivity index is 2.15. The first-order chi connectivity index (χ1) is 9.56. The molecular weight excluding hydrogens is 268 g/mol. The van der Waals surface area contributed by atoms with Crippen LogP contribution in [0.4, 0.5) is 0 Å². The molecular formula is C16H26N2OS. The van der Waals surface area contributed by atoms with E-state index in [-0.39, 0.29) is 11.9 Å². The van der Waals surface area contributed by atoms with Crippen LogP contribution in [0.1, 0.15) is 53.2 Å². The zero-order valence-corrected chi connectivity index (χ0v) is 13.6. The van der Waals surface area contributed by atoms with E-state index in [1.54, 1.807) is 11.3 Å². The fourth-order valence-electron chi connectivity index (χ4n) is 3.03. The number of thiophene rings is 1. The minimum absolute atomic E-state index is 0.183. The number of hydrogen-bond donors (Lipinski definition) is 1. The van der Waals surface area contributed by atoms with E-state index in [0.29, 0.717) is 12.5 Å². The lowest BCUT2D eigenvalue weighted by Crippen LogP contribution is -2.49. The molecule has 4 heteroatoms. The van der Waals surface area contributed by atoms with Gasteiger partial charge in [0.05, 0.1) is 4.88 Å². The molecule has 0 aromatic carbocycles. The van der Waals surface area contributed by atoms with Crippen LogP contribution in [0.15, 0.2) is 6.07 Å². The minimum atomic E-state index is 0.183. The van der Waals surface area contributed by atoms with Crippen molar-refractivity contribution in [3.05, 3.63) is 21.4 Å². The number of nitrogens with two attached hydrogens (primary N) is 1. The second-order valence-corrected chi connectivity index (χ2v) is 7.22. The predicted octanol–water partition coefficient (Wildman–Crippen LogP) is 3.21. The van der Waals surface area contributed by atoms with E-state index in [9.17, 15) is 4.79 Å². The molecule has 2 rings (SSSR count). The average molecular weight is 294 g/mol. The van der Waals surface area contributed by atoms with Crippen LogP contribution in [0.3, 0.4) is 0 Å². The Morgan fingerprint density at radius 2 is 2.30 bits per heavy atom. The standard InChI is InChI=1S/C16H26N2OS/c1-4-5-13-9-15(20-12(13)3)16(19)18-7-6-11(2)8-14(18)10-17/h9,11,14H,4-8,10,17H2,1-3H3. The molecule has 2 heterocycles. The zero-order chi connectivity index (χ0) is 14.7. The van der Waals surface area contributed by atoms with E-state index < -0.39 is 0 Å². The van der Waals surface area contributed by atoms with Crippen LogP contribution in [-0.4, -0.2) is 29.9 Å². The second kappa shape index (κ2) is 6.72. The number of carbonyl (C=O) groups is 1. The lowest BCUT2D eigenvalue weighted by molar-refractivity contribution is 0.0578. The van der Waals surface area contributed by atoms with Gasteiger partial charge >= 0.3 is 0 Å². The molecule has 0 radical (unpaired) electrons. The highest BCUT2D eigenvalue weighted by Crippen LogP contribution is 2.28. The van der Waals surface area contributed by atoms with Gasteiger partial charge < -0.3 is 10.6 Å². The van der Waals surface area contributed by atoms with Crippen LogP contribution < -0.4 is 5.73 Å². The summed E-state index contributed by atoms with van der Waals surface area (Å²) in [4.78, 5) is 16.9. The Hall–Kier alpha value is -0.870. The Labute approximate surface area is 126 Å². The van der Waals surface area contributed by atoms with Crippen molar-refractivity contribution in [1.29, 1.82) is 0 Å². The molecule has 3 nitrogen and oxygen atoms in total. The molecule has 1 aromatic heterocycles. The Morgan fingerprint density at radius 3 is 2.95 bits per heavy atom. The highest BCUT2D eigenvalue weighted by Gasteiger charge is 2.30. The molecule has 1 aliphatic heterocycles. The van der Waals surface area contributed by atoms with Crippen LogP contribution in [0.2, 0.25) is 0 Å². The highest BCUT2D eigenvalue weighted by atomic mass is 32.1. The third-order valence-electron chi connectivity index (χ3n) is 4.26. The van der Waals surface area contributed by atoms with Crippen LogP contribution in [0.25, 0.3) is 0 Å². The smallest absolute Gasteiger partial charge is 0.264 e. The summed E-state index contributed by atoms with van der Waals surface area (Å²) >= 11 is 1.64.